The van der Waals surface area contributed by atoms with Gasteiger partial charge in [0.25, 0.3) is 0 Å². The van der Waals surface area contributed by atoms with Crippen LogP contribution in [-0.4, -0.2) is 65.8 Å². The Balaban J connectivity index is 1.00. The van der Waals surface area contributed by atoms with Crippen LogP contribution in [0.2, 0.25) is 0 Å². The third kappa shape index (κ3) is 8.54. The normalized spacial score (nSPS) is 24.2. The van der Waals surface area contributed by atoms with Crippen LogP contribution in [0.25, 0.3) is 0 Å². The van der Waals surface area contributed by atoms with E-state index in [4.69, 9.17) is 14.2 Å². The van der Waals surface area contributed by atoms with Crippen LogP contribution >= 0.6 is 0 Å². The van der Waals surface area contributed by atoms with Crippen LogP contribution in [0.5, 0.6) is 11.5 Å². The number of aliphatic hydroxyl groups is 1. The molecule has 3 aliphatic rings. The number of hydrogen-bond donors (Lipinski definition) is 3. The van der Waals surface area contributed by atoms with Crippen LogP contribution < -0.4 is 15.4 Å². The minimum Gasteiger partial charge on any atom is -0.457 e. The number of rotatable bonds is 11. The quantitative estimate of drug-likeness (QED) is 0.148. The number of ether oxygens (including phenoxy) is 3. The molecule has 0 aromatic heterocycles. The first-order valence-corrected chi connectivity index (χ1v) is 18.0. The Morgan fingerprint density at radius 2 is 1.40 bits per heavy atom. The number of hydrogen-bond acceptors (Lipinski definition) is 7. The van der Waals surface area contributed by atoms with Crippen molar-refractivity contribution in [2.45, 2.75) is 63.8 Å². The Morgan fingerprint density at radius 1 is 0.760 bits per heavy atom. The number of anilines is 2. The van der Waals surface area contributed by atoms with Crippen molar-refractivity contribution >= 4 is 17.4 Å². The standard InChI is InChI=1S/C41H48N4O5/c1-29-38(27-45-25-7-8-35(45)26-44-23-5-6-24-44)49-40(50-39(29)31-13-11-30(28-46)12-14-31)32-15-17-33(18-16-32)42-41(47)43-34-19-21-37(22-20-34)48-36-9-3-2-4-10-36/h2-4,9-22,29,35,38-40,46H,5-8,23-28H2,1H3,(H2,42,43,47). The van der Waals surface area contributed by atoms with Crippen molar-refractivity contribution in [3.05, 3.63) is 120 Å². The lowest BCUT2D eigenvalue weighted by Gasteiger charge is -2.43. The van der Waals surface area contributed by atoms with E-state index in [1.165, 1.54) is 38.8 Å². The van der Waals surface area contributed by atoms with Crippen LogP contribution in [-0.2, 0) is 16.1 Å². The van der Waals surface area contributed by atoms with Gasteiger partial charge in [0.1, 0.15) is 11.5 Å². The molecule has 0 saturated carbocycles. The molecule has 2 amide bonds. The topological polar surface area (TPSA) is 95.5 Å². The molecule has 0 spiro atoms. The average Bonchev–Trinajstić information content (AvgIpc) is 3.83. The lowest BCUT2D eigenvalue weighted by atomic mass is 9.90. The highest BCUT2D eigenvalue weighted by Crippen LogP contribution is 2.42. The molecule has 7 rings (SSSR count). The molecule has 9 nitrogen and oxygen atoms in total. The summed E-state index contributed by atoms with van der Waals surface area (Å²) in [5.41, 5.74) is 4.17. The SMILES string of the molecule is CC1C(CN2CCCC2CN2CCCC2)OC(c2ccc(NC(=O)Nc3ccc(Oc4ccccc4)cc3)cc2)OC1c1ccc(CO)cc1. The fourth-order valence-corrected chi connectivity index (χ4v) is 7.41. The van der Waals surface area contributed by atoms with E-state index in [-0.39, 0.29) is 30.8 Å². The van der Waals surface area contributed by atoms with Gasteiger partial charge in [-0.15, -0.1) is 0 Å². The lowest BCUT2D eigenvalue weighted by Crippen LogP contribution is -2.48. The van der Waals surface area contributed by atoms with Crippen molar-refractivity contribution in [3.63, 3.8) is 0 Å². The summed E-state index contributed by atoms with van der Waals surface area (Å²) in [6, 6.07) is 32.8. The Bertz CT molecular complexity index is 1660. The van der Waals surface area contributed by atoms with Gasteiger partial charge in [-0.2, -0.15) is 0 Å². The molecule has 0 bridgehead atoms. The zero-order valence-corrected chi connectivity index (χ0v) is 28.7. The van der Waals surface area contributed by atoms with Crippen molar-refractivity contribution < 1.29 is 24.1 Å². The molecule has 3 aliphatic heterocycles. The second-order valence-corrected chi connectivity index (χ2v) is 13.8. The van der Waals surface area contributed by atoms with Crippen LogP contribution in [0.3, 0.4) is 0 Å². The highest BCUT2D eigenvalue weighted by atomic mass is 16.7. The molecule has 9 heteroatoms. The number of aliphatic hydroxyl groups excluding tert-OH is 1. The molecule has 3 heterocycles. The summed E-state index contributed by atoms with van der Waals surface area (Å²) >= 11 is 0. The summed E-state index contributed by atoms with van der Waals surface area (Å²) in [6.45, 7) is 7.77. The molecule has 3 saturated heterocycles. The van der Waals surface area contributed by atoms with Crippen molar-refractivity contribution in [1.82, 2.24) is 9.80 Å². The van der Waals surface area contributed by atoms with E-state index in [9.17, 15) is 9.90 Å². The smallest absolute Gasteiger partial charge is 0.323 e. The predicted octanol–water partition coefficient (Wildman–Crippen LogP) is 7.97. The van der Waals surface area contributed by atoms with E-state index in [1.54, 1.807) is 12.1 Å². The number of amides is 2. The van der Waals surface area contributed by atoms with Crippen LogP contribution in [0.15, 0.2) is 103 Å². The zero-order chi connectivity index (χ0) is 34.3. The molecular weight excluding hydrogens is 628 g/mol. The van der Waals surface area contributed by atoms with Gasteiger partial charge in [-0.05, 0) is 105 Å². The Hall–Kier alpha value is -4.25. The maximum Gasteiger partial charge on any atom is 0.323 e. The number of nitrogens with one attached hydrogen (secondary N) is 2. The molecule has 5 atom stereocenters. The fraction of sp³-hybridized carbons (Fsp3) is 0.390. The number of urea groups is 1. The van der Waals surface area contributed by atoms with E-state index in [0.29, 0.717) is 23.2 Å². The number of benzene rings is 4. The highest BCUT2D eigenvalue weighted by molar-refractivity contribution is 5.99. The molecule has 0 radical (unpaired) electrons. The summed E-state index contributed by atoms with van der Waals surface area (Å²) < 4.78 is 19.3. The van der Waals surface area contributed by atoms with Gasteiger partial charge >= 0.3 is 6.03 Å². The van der Waals surface area contributed by atoms with Crippen molar-refractivity contribution in [3.8, 4) is 11.5 Å². The summed E-state index contributed by atoms with van der Waals surface area (Å²) in [6.07, 6.45) is 4.33. The van der Waals surface area contributed by atoms with Gasteiger partial charge in [0.15, 0.2) is 6.29 Å². The zero-order valence-electron chi connectivity index (χ0n) is 28.7. The number of para-hydroxylation sites is 1. The van der Waals surface area contributed by atoms with Gasteiger partial charge in [0.05, 0.1) is 18.8 Å². The molecule has 50 heavy (non-hydrogen) atoms. The third-order valence-electron chi connectivity index (χ3n) is 10.2. The van der Waals surface area contributed by atoms with Gasteiger partial charge in [0, 0.05) is 42.0 Å². The van der Waals surface area contributed by atoms with Gasteiger partial charge in [0.2, 0.25) is 0 Å². The van der Waals surface area contributed by atoms with E-state index in [1.807, 2.05) is 78.9 Å². The van der Waals surface area contributed by atoms with E-state index < -0.39 is 6.29 Å². The first-order chi connectivity index (χ1) is 24.5. The number of nitrogens with zero attached hydrogens (tertiary/aromatic N) is 2. The molecule has 4 aromatic carbocycles. The molecule has 262 valence electrons. The van der Waals surface area contributed by atoms with E-state index in [2.05, 4.69) is 39.5 Å². The van der Waals surface area contributed by atoms with Crippen LogP contribution in [0.1, 0.15) is 61.7 Å². The molecule has 3 fully saturated rings. The van der Waals surface area contributed by atoms with Crippen LogP contribution in [0, 0.1) is 5.92 Å². The van der Waals surface area contributed by atoms with Crippen LogP contribution in [0.4, 0.5) is 16.2 Å². The summed E-state index contributed by atoms with van der Waals surface area (Å²) in [5.74, 6) is 1.57. The van der Waals surface area contributed by atoms with E-state index in [0.717, 1.165) is 42.1 Å². The minimum absolute atomic E-state index is 0.0114. The largest absolute Gasteiger partial charge is 0.457 e. The summed E-state index contributed by atoms with van der Waals surface area (Å²) in [7, 11) is 0. The Kier molecular flexibility index (Phi) is 11.1. The molecule has 0 aliphatic carbocycles. The van der Waals surface area contributed by atoms with Gasteiger partial charge < -0.3 is 34.9 Å². The van der Waals surface area contributed by atoms with E-state index >= 15 is 0 Å². The molecule has 3 N–H and O–H groups in total. The van der Waals surface area contributed by atoms with Gasteiger partial charge in [-0.3, -0.25) is 4.90 Å². The fourth-order valence-electron chi connectivity index (χ4n) is 7.41. The van der Waals surface area contributed by atoms with Gasteiger partial charge in [-0.1, -0.05) is 61.5 Å². The van der Waals surface area contributed by atoms with Crippen molar-refractivity contribution in [2.75, 3.05) is 43.4 Å². The summed E-state index contributed by atoms with van der Waals surface area (Å²) in [4.78, 5) is 18.1. The highest BCUT2D eigenvalue weighted by Gasteiger charge is 2.40. The number of carbonyl (C=O) groups is 1. The van der Waals surface area contributed by atoms with Gasteiger partial charge in [-0.25, -0.2) is 4.79 Å². The maximum absolute atomic E-state index is 12.8. The third-order valence-corrected chi connectivity index (χ3v) is 10.2. The average molecular weight is 677 g/mol. The molecule has 4 aromatic rings. The summed E-state index contributed by atoms with van der Waals surface area (Å²) in [5, 5.41) is 15.4. The minimum atomic E-state index is -0.558. The molecule has 5 unspecified atom stereocenters. The number of likely N-dealkylation sites (tertiary alicyclic amines) is 2. The van der Waals surface area contributed by atoms with Crippen molar-refractivity contribution in [2.24, 2.45) is 5.92 Å². The Morgan fingerprint density at radius 3 is 2.08 bits per heavy atom. The number of carbonyl (C=O) groups excluding carboxylic acids is 1. The Labute approximate surface area is 295 Å². The monoisotopic (exact) mass is 676 g/mol. The van der Waals surface area contributed by atoms with Crippen molar-refractivity contribution in [1.29, 1.82) is 0 Å². The first kappa shape index (κ1) is 34.2. The first-order valence-electron chi connectivity index (χ1n) is 18.0. The molecular formula is C41H48N4O5. The second kappa shape index (κ2) is 16.2. The maximum atomic E-state index is 12.8. The lowest BCUT2D eigenvalue weighted by molar-refractivity contribution is -0.276. The predicted molar refractivity (Wildman–Crippen MR) is 195 cm³/mol. The second-order valence-electron chi connectivity index (χ2n) is 13.8.